The third-order valence-electron chi connectivity index (χ3n) is 5.66. The van der Waals surface area contributed by atoms with Crippen molar-refractivity contribution in [1.82, 2.24) is 19.5 Å². The summed E-state index contributed by atoms with van der Waals surface area (Å²) >= 11 is 0. The van der Waals surface area contributed by atoms with Gasteiger partial charge in [-0.1, -0.05) is 13.3 Å². The Kier molecular flexibility index (Phi) is 5.82. The van der Waals surface area contributed by atoms with Crippen LogP contribution in [-0.2, 0) is 9.47 Å². The third-order valence-corrected chi connectivity index (χ3v) is 5.66. The van der Waals surface area contributed by atoms with E-state index in [1.54, 1.807) is 4.57 Å². The SMILES string of the molecule is CCCCNc1nc(N)c2[nH]c(=O)n(C(CC3CCCO3)C3CCCO3)c2n1. The Hall–Kier alpha value is -2.13. The minimum absolute atomic E-state index is 0.0198. The van der Waals surface area contributed by atoms with Crippen LogP contribution in [0.1, 0.15) is 57.9 Å². The Morgan fingerprint density at radius 1 is 1.29 bits per heavy atom. The average molecular weight is 390 g/mol. The van der Waals surface area contributed by atoms with Crippen LogP contribution < -0.4 is 16.7 Å². The lowest BCUT2D eigenvalue weighted by atomic mass is 9.99. The molecule has 3 atom stereocenters. The van der Waals surface area contributed by atoms with E-state index in [4.69, 9.17) is 15.2 Å². The van der Waals surface area contributed by atoms with Crippen LogP contribution in [0.3, 0.4) is 0 Å². The van der Waals surface area contributed by atoms with Crippen molar-refractivity contribution in [3.8, 4) is 0 Å². The summed E-state index contributed by atoms with van der Waals surface area (Å²) in [6.45, 7) is 4.40. The summed E-state index contributed by atoms with van der Waals surface area (Å²) in [6.07, 6.45) is 6.96. The van der Waals surface area contributed by atoms with Gasteiger partial charge in [-0.25, -0.2) is 4.79 Å². The summed E-state index contributed by atoms with van der Waals surface area (Å²) in [6, 6.07) is -0.135. The molecule has 0 spiro atoms. The van der Waals surface area contributed by atoms with E-state index in [-0.39, 0.29) is 29.8 Å². The Morgan fingerprint density at radius 2 is 2.11 bits per heavy atom. The first-order valence-corrected chi connectivity index (χ1v) is 10.4. The van der Waals surface area contributed by atoms with Crippen LogP contribution in [0, 0.1) is 0 Å². The molecule has 0 radical (unpaired) electrons. The molecule has 4 rings (SSSR count). The number of anilines is 2. The number of nitrogens with two attached hydrogens (primary N) is 1. The molecule has 4 N–H and O–H groups in total. The van der Waals surface area contributed by atoms with Crippen molar-refractivity contribution in [2.45, 2.75) is 70.1 Å². The summed E-state index contributed by atoms with van der Waals surface area (Å²) in [4.78, 5) is 24.7. The summed E-state index contributed by atoms with van der Waals surface area (Å²) < 4.78 is 13.5. The first-order valence-electron chi connectivity index (χ1n) is 10.4. The molecule has 0 aliphatic carbocycles. The van der Waals surface area contributed by atoms with Crippen molar-refractivity contribution in [2.75, 3.05) is 30.8 Å². The maximum absolute atomic E-state index is 12.9. The molecule has 2 aromatic rings. The lowest BCUT2D eigenvalue weighted by Crippen LogP contribution is -2.33. The smallest absolute Gasteiger partial charge is 0.328 e. The molecule has 0 saturated carbocycles. The van der Waals surface area contributed by atoms with Crippen molar-refractivity contribution < 1.29 is 9.47 Å². The predicted molar refractivity (Wildman–Crippen MR) is 108 cm³/mol. The molecule has 2 aliphatic rings. The largest absolute Gasteiger partial charge is 0.382 e. The molecule has 0 bridgehead atoms. The van der Waals surface area contributed by atoms with Crippen molar-refractivity contribution >= 4 is 22.9 Å². The van der Waals surface area contributed by atoms with E-state index < -0.39 is 0 Å². The van der Waals surface area contributed by atoms with Crippen molar-refractivity contribution in [1.29, 1.82) is 0 Å². The van der Waals surface area contributed by atoms with E-state index in [1.807, 2.05) is 0 Å². The predicted octanol–water partition coefficient (Wildman–Crippen LogP) is 2.20. The van der Waals surface area contributed by atoms with Crippen LogP contribution in [0.25, 0.3) is 11.2 Å². The van der Waals surface area contributed by atoms with Gasteiger partial charge in [0.1, 0.15) is 5.52 Å². The Bertz CT molecular complexity index is 851. The number of aromatic nitrogens is 4. The molecular formula is C19H30N6O3. The van der Waals surface area contributed by atoms with Gasteiger partial charge in [0, 0.05) is 19.8 Å². The molecule has 4 heterocycles. The minimum Gasteiger partial charge on any atom is -0.382 e. The minimum atomic E-state index is -0.222. The molecule has 2 aromatic heterocycles. The van der Waals surface area contributed by atoms with Crippen LogP contribution in [0.4, 0.5) is 11.8 Å². The number of hydrogen-bond acceptors (Lipinski definition) is 7. The summed E-state index contributed by atoms with van der Waals surface area (Å²) in [5.74, 6) is 0.734. The maximum Gasteiger partial charge on any atom is 0.328 e. The first-order chi connectivity index (χ1) is 13.7. The number of nitrogens with zero attached hydrogens (tertiary/aromatic N) is 3. The zero-order valence-electron chi connectivity index (χ0n) is 16.4. The van der Waals surface area contributed by atoms with Crippen LogP contribution in [0.2, 0.25) is 0 Å². The highest BCUT2D eigenvalue weighted by Crippen LogP contribution is 2.33. The number of rotatable bonds is 8. The number of H-pyrrole nitrogens is 1. The van der Waals surface area contributed by atoms with Gasteiger partial charge in [0.05, 0.1) is 18.2 Å². The second-order valence-electron chi connectivity index (χ2n) is 7.70. The highest BCUT2D eigenvalue weighted by atomic mass is 16.5. The fourth-order valence-electron chi connectivity index (χ4n) is 4.22. The zero-order chi connectivity index (χ0) is 19.5. The average Bonchev–Trinajstić information content (AvgIpc) is 3.42. The summed E-state index contributed by atoms with van der Waals surface area (Å²) in [5.41, 5.74) is 6.93. The second-order valence-corrected chi connectivity index (χ2v) is 7.70. The number of ether oxygens (including phenoxy) is 2. The fourth-order valence-corrected chi connectivity index (χ4v) is 4.22. The Balaban J connectivity index is 1.72. The molecular weight excluding hydrogens is 360 g/mol. The lowest BCUT2D eigenvalue weighted by Gasteiger charge is -2.26. The molecule has 2 saturated heterocycles. The van der Waals surface area contributed by atoms with E-state index in [1.165, 1.54) is 0 Å². The Morgan fingerprint density at radius 3 is 2.82 bits per heavy atom. The normalized spacial score (nSPS) is 23.5. The number of unbranched alkanes of at least 4 members (excludes halogenated alkanes) is 1. The van der Waals surface area contributed by atoms with Crippen molar-refractivity contribution in [3.05, 3.63) is 10.5 Å². The zero-order valence-corrected chi connectivity index (χ0v) is 16.4. The van der Waals surface area contributed by atoms with E-state index in [9.17, 15) is 4.79 Å². The lowest BCUT2D eigenvalue weighted by molar-refractivity contribution is 0.0300. The molecule has 2 fully saturated rings. The molecule has 0 aromatic carbocycles. The van der Waals surface area contributed by atoms with E-state index in [2.05, 4.69) is 27.2 Å². The number of aromatic amines is 1. The monoisotopic (exact) mass is 390 g/mol. The standard InChI is InChI=1S/C19H30N6O3/c1-2-3-8-21-18-23-16(20)15-17(24-18)25(19(26)22-15)13(14-7-5-10-28-14)11-12-6-4-9-27-12/h12-14H,2-11H2,1H3,(H,22,26)(H3,20,21,23,24). The highest BCUT2D eigenvalue weighted by molar-refractivity contribution is 5.83. The number of fused-ring (bicyclic) bond motifs is 1. The van der Waals surface area contributed by atoms with E-state index >= 15 is 0 Å². The van der Waals surface area contributed by atoms with Gasteiger partial charge in [-0.05, 0) is 38.5 Å². The summed E-state index contributed by atoms with van der Waals surface area (Å²) in [5, 5.41) is 3.21. The van der Waals surface area contributed by atoms with Gasteiger partial charge >= 0.3 is 5.69 Å². The highest BCUT2D eigenvalue weighted by Gasteiger charge is 2.34. The van der Waals surface area contributed by atoms with Gasteiger partial charge in [-0.3, -0.25) is 4.57 Å². The quantitative estimate of drug-likeness (QED) is 0.591. The van der Waals surface area contributed by atoms with Crippen LogP contribution >= 0.6 is 0 Å². The first kappa shape index (κ1) is 19.2. The van der Waals surface area contributed by atoms with Crippen molar-refractivity contribution in [3.63, 3.8) is 0 Å². The van der Waals surface area contributed by atoms with Gasteiger partial charge in [0.25, 0.3) is 0 Å². The van der Waals surface area contributed by atoms with Gasteiger partial charge in [0.2, 0.25) is 5.95 Å². The molecule has 9 heteroatoms. The molecule has 0 amide bonds. The molecule has 154 valence electrons. The molecule has 9 nitrogen and oxygen atoms in total. The van der Waals surface area contributed by atoms with Crippen LogP contribution in [-0.4, -0.2) is 51.5 Å². The number of hydrogen-bond donors (Lipinski definition) is 3. The molecule has 28 heavy (non-hydrogen) atoms. The van der Waals surface area contributed by atoms with E-state index in [0.29, 0.717) is 17.1 Å². The van der Waals surface area contributed by atoms with Gasteiger partial charge in [-0.2, -0.15) is 9.97 Å². The number of nitrogen functional groups attached to an aromatic ring is 1. The maximum atomic E-state index is 12.9. The van der Waals surface area contributed by atoms with Gasteiger partial charge in [0.15, 0.2) is 11.5 Å². The number of nitrogens with one attached hydrogen (secondary N) is 2. The Labute approximate surface area is 164 Å². The third kappa shape index (κ3) is 3.86. The van der Waals surface area contributed by atoms with Crippen LogP contribution in [0.15, 0.2) is 4.79 Å². The number of imidazole rings is 1. The van der Waals surface area contributed by atoms with Gasteiger partial charge in [-0.15, -0.1) is 0 Å². The van der Waals surface area contributed by atoms with E-state index in [0.717, 1.165) is 64.7 Å². The van der Waals surface area contributed by atoms with Crippen molar-refractivity contribution in [2.24, 2.45) is 0 Å². The second kappa shape index (κ2) is 8.48. The topological polar surface area (TPSA) is 120 Å². The van der Waals surface area contributed by atoms with Crippen LogP contribution in [0.5, 0.6) is 0 Å². The molecule has 3 unspecified atom stereocenters. The van der Waals surface area contributed by atoms with Gasteiger partial charge < -0.3 is 25.5 Å². The fraction of sp³-hybridized carbons (Fsp3) is 0.737. The molecule has 2 aliphatic heterocycles. The summed E-state index contributed by atoms with van der Waals surface area (Å²) in [7, 11) is 0.